The molecule has 0 N–H and O–H groups in total. The average molecular weight is 282 g/mol. The largest absolute Gasteiger partial charge is 0.290 e. The van der Waals surface area contributed by atoms with E-state index in [1.807, 2.05) is 0 Å². The standard InChI is InChI=1S/C12H9ClFN3O2/c1-7-9(5-15-6-10(7)17(18)19)4-8-2-3-16-12(13)11(8)14/h2-3,5-6H,4H2,1H3. The summed E-state index contributed by atoms with van der Waals surface area (Å²) in [4.78, 5) is 17.7. The Bertz CT molecular complexity index is 649. The van der Waals surface area contributed by atoms with Crippen LogP contribution in [0.15, 0.2) is 24.7 Å². The fraction of sp³-hybridized carbons (Fsp3) is 0.167. The number of nitrogens with zero attached hydrogens (tertiary/aromatic N) is 3. The minimum Gasteiger partial charge on any atom is -0.258 e. The van der Waals surface area contributed by atoms with Crippen LogP contribution in [0.4, 0.5) is 10.1 Å². The Labute approximate surface area is 113 Å². The van der Waals surface area contributed by atoms with Gasteiger partial charge in [-0.3, -0.25) is 15.1 Å². The summed E-state index contributed by atoms with van der Waals surface area (Å²) in [6.07, 6.45) is 4.22. The van der Waals surface area contributed by atoms with E-state index in [0.717, 1.165) is 0 Å². The fourth-order valence-electron chi connectivity index (χ4n) is 1.72. The van der Waals surface area contributed by atoms with Gasteiger partial charge in [-0.2, -0.15) is 0 Å². The summed E-state index contributed by atoms with van der Waals surface area (Å²) in [5, 5.41) is 10.6. The summed E-state index contributed by atoms with van der Waals surface area (Å²) >= 11 is 5.59. The van der Waals surface area contributed by atoms with Crippen LogP contribution in [0.1, 0.15) is 16.7 Å². The Morgan fingerprint density at radius 3 is 2.84 bits per heavy atom. The molecule has 2 rings (SSSR count). The van der Waals surface area contributed by atoms with Crippen molar-refractivity contribution in [1.29, 1.82) is 0 Å². The number of halogens is 2. The van der Waals surface area contributed by atoms with Crippen LogP contribution in [0.25, 0.3) is 0 Å². The number of pyridine rings is 2. The van der Waals surface area contributed by atoms with E-state index in [1.165, 1.54) is 24.7 Å². The summed E-state index contributed by atoms with van der Waals surface area (Å²) in [6, 6.07) is 1.49. The molecule has 0 aliphatic carbocycles. The van der Waals surface area contributed by atoms with E-state index < -0.39 is 10.7 Å². The highest BCUT2D eigenvalue weighted by Gasteiger charge is 2.16. The topological polar surface area (TPSA) is 68.9 Å². The van der Waals surface area contributed by atoms with Gasteiger partial charge in [0.25, 0.3) is 5.69 Å². The van der Waals surface area contributed by atoms with Gasteiger partial charge in [-0.25, -0.2) is 9.37 Å². The molecule has 0 aliphatic rings. The van der Waals surface area contributed by atoms with Crippen molar-refractivity contribution >= 4 is 17.3 Å². The molecule has 2 heterocycles. The smallest absolute Gasteiger partial charge is 0.258 e. The lowest BCUT2D eigenvalue weighted by Crippen LogP contribution is -2.01. The van der Waals surface area contributed by atoms with Gasteiger partial charge in [0, 0.05) is 24.4 Å². The first-order valence-corrected chi connectivity index (χ1v) is 5.75. The molecule has 0 unspecified atom stereocenters. The fourth-order valence-corrected chi connectivity index (χ4v) is 1.89. The van der Waals surface area contributed by atoms with Crippen molar-refractivity contribution in [3.05, 3.63) is 62.4 Å². The maximum Gasteiger partial charge on any atom is 0.290 e. The van der Waals surface area contributed by atoms with Crippen LogP contribution in [0.3, 0.4) is 0 Å². The third kappa shape index (κ3) is 2.68. The molecule has 0 saturated heterocycles. The maximum atomic E-state index is 13.7. The number of hydrogen-bond acceptors (Lipinski definition) is 4. The van der Waals surface area contributed by atoms with E-state index in [1.54, 1.807) is 6.92 Å². The highest BCUT2D eigenvalue weighted by atomic mass is 35.5. The highest BCUT2D eigenvalue weighted by Crippen LogP contribution is 2.24. The second-order valence-electron chi connectivity index (χ2n) is 3.95. The van der Waals surface area contributed by atoms with Gasteiger partial charge in [-0.15, -0.1) is 0 Å². The van der Waals surface area contributed by atoms with Gasteiger partial charge in [0.1, 0.15) is 6.20 Å². The first-order valence-electron chi connectivity index (χ1n) is 5.37. The van der Waals surface area contributed by atoms with Crippen molar-refractivity contribution in [3.63, 3.8) is 0 Å². The van der Waals surface area contributed by atoms with Crippen molar-refractivity contribution < 1.29 is 9.31 Å². The van der Waals surface area contributed by atoms with Crippen LogP contribution in [0.2, 0.25) is 5.15 Å². The minimum absolute atomic E-state index is 0.0851. The summed E-state index contributed by atoms with van der Waals surface area (Å²) in [7, 11) is 0. The van der Waals surface area contributed by atoms with Crippen molar-refractivity contribution in [2.45, 2.75) is 13.3 Å². The molecule has 0 fully saturated rings. The zero-order valence-corrected chi connectivity index (χ0v) is 10.7. The van der Waals surface area contributed by atoms with Crippen LogP contribution in [0, 0.1) is 22.9 Å². The van der Waals surface area contributed by atoms with E-state index >= 15 is 0 Å². The number of aromatic nitrogens is 2. The molecule has 2 aromatic rings. The lowest BCUT2D eigenvalue weighted by Gasteiger charge is -2.07. The lowest BCUT2D eigenvalue weighted by atomic mass is 10.0. The molecule has 0 radical (unpaired) electrons. The minimum atomic E-state index is -0.616. The summed E-state index contributed by atoms with van der Waals surface area (Å²) < 4.78 is 13.7. The monoisotopic (exact) mass is 281 g/mol. The van der Waals surface area contributed by atoms with Gasteiger partial charge < -0.3 is 0 Å². The van der Waals surface area contributed by atoms with E-state index in [9.17, 15) is 14.5 Å². The molecule has 0 spiro atoms. The number of rotatable bonds is 3. The first kappa shape index (κ1) is 13.4. The molecular weight excluding hydrogens is 273 g/mol. The van der Waals surface area contributed by atoms with E-state index in [0.29, 0.717) is 16.7 Å². The zero-order chi connectivity index (χ0) is 14.0. The number of hydrogen-bond donors (Lipinski definition) is 0. The molecule has 0 aliphatic heterocycles. The van der Waals surface area contributed by atoms with Crippen LogP contribution >= 0.6 is 11.6 Å². The quantitative estimate of drug-likeness (QED) is 0.492. The second kappa shape index (κ2) is 5.27. The van der Waals surface area contributed by atoms with Crippen LogP contribution in [-0.2, 0) is 6.42 Å². The predicted octanol–water partition coefficient (Wildman–Crippen LogP) is 3.08. The third-order valence-electron chi connectivity index (χ3n) is 2.80. The number of nitro groups is 1. The summed E-state index contributed by atoms with van der Waals surface area (Å²) in [5.74, 6) is -0.616. The molecule has 19 heavy (non-hydrogen) atoms. The van der Waals surface area contributed by atoms with Gasteiger partial charge in [-0.05, 0) is 24.1 Å². The van der Waals surface area contributed by atoms with Crippen molar-refractivity contribution in [1.82, 2.24) is 9.97 Å². The van der Waals surface area contributed by atoms with Gasteiger partial charge in [-0.1, -0.05) is 11.6 Å². The second-order valence-corrected chi connectivity index (χ2v) is 4.31. The van der Waals surface area contributed by atoms with Gasteiger partial charge in [0.05, 0.1) is 4.92 Å². The molecule has 7 heteroatoms. The molecule has 0 atom stereocenters. The van der Waals surface area contributed by atoms with Crippen molar-refractivity contribution in [2.75, 3.05) is 0 Å². The molecule has 5 nitrogen and oxygen atoms in total. The predicted molar refractivity (Wildman–Crippen MR) is 67.6 cm³/mol. The molecule has 98 valence electrons. The Morgan fingerprint density at radius 1 is 1.42 bits per heavy atom. The van der Waals surface area contributed by atoms with Crippen molar-refractivity contribution in [2.24, 2.45) is 0 Å². The first-order chi connectivity index (χ1) is 9.00. The third-order valence-corrected chi connectivity index (χ3v) is 3.06. The summed E-state index contributed by atoms with van der Waals surface area (Å²) in [5.41, 5.74) is 1.28. The molecule has 2 aromatic heterocycles. The molecule has 0 saturated carbocycles. The van der Waals surface area contributed by atoms with E-state index in [4.69, 9.17) is 11.6 Å². The van der Waals surface area contributed by atoms with Crippen LogP contribution < -0.4 is 0 Å². The van der Waals surface area contributed by atoms with Gasteiger partial charge >= 0.3 is 0 Å². The van der Waals surface area contributed by atoms with Crippen LogP contribution in [0.5, 0.6) is 0 Å². The van der Waals surface area contributed by atoms with E-state index in [-0.39, 0.29) is 17.3 Å². The molecule has 0 aromatic carbocycles. The van der Waals surface area contributed by atoms with E-state index in [2.05, 4.69) is 9.97 Å². The van der Waals surface area contributed by atoms with Gasteiger partial charge in [0.2, 0.25) is 0 Å². The molecular formula is C12H9ClFN3O2. The normalized spacial score (nSPS) is 10.5. The molecule has 0 amide bonds. The zero-order valence-electron chi connectivity index (χ0n) is 9.93. The molecule has 0 bridgehead atoms. The Balaban J connectivity index is 2.42. The average Bonchev–Trinajstić information content (AvgIpc) is 2.37. The van der Waals surface area contributed by atoms with Crippen LogP contribution in [-0.4, -0.2) is 14.9 Å². The Morgan fingerprint density at radius 2 is 2.16 bits per heavy atom. The lowest BCUT2D eigenvalue weighted by molar-refractivity contribution is -0.385. The summed E-state index contributed by atoms with van der Waals surface area (Å²) in [6.45, 7) is 1.61. The SMILES string of the molecule is Cc1c(Cc2ccnc(Cl)c2F)cncc1[N+](=O)[O-]. The van der Waals surface area contributed by atoms with Gasteiger partial charge in [0.15, 0.2) is 11.0 Å². The Hall–Kier alpha value is -2.08. The highest BCUT2D eigenvalue weighted by molar-refractivity contribution is 6.29. The van der Waals surface area contributed by atoms with Crippen molar-refractivity contribution in [3.8, 4) is 0 Å². The Kier molecular flexibility index (Phi) is 3.71. The maximum absolute atomic E-state index is 13.7.